The normalized spacial score (nSPS) is 24.1. The molecule has 1 N–H and O–H groups in total. The summed E-state index contributed by atoms with van der Waals surface area (Å²) in [6.07, 6.45) is 4.84. The van der Waals surface area contributed by atoms with Gasteiger partial charge in [-0.15, -0.1) is 11.8 Å². The van der Waals surface area contributed by atoms with Crippen molar-refractivity contribution in [3.8, 4) is 0 Å². The van der Waals surface area contributed by atoms with Crippen LogP contribution in [-0.2, 0) is 4.79 Å². The molecular formula is C16H22ClNOS. The van der Waals surface area contributed by atoms with E-state index in [-0.39, 0.29) is 11.2 Å². The Kier molecular flexibility index (Phi) is 5.79. The van der Waals surface area contributed by atoms with E-state index in [1.807, 2.05) is 31.2 Å². The molecule has 0 radical (unpaired) electrons. The topological polar surface area (TPSA) is 29.1 Å². The number of hydrogen-bond donors (Lipinski definition) is 1. The Morgan fingerprint density at radius 3 is 2.75 bits per heavy atom. The van der Waals surface area contributed by atoms with E-state index in [0.29, 0.717) is 17.0 Å². The van der Waals surface area contributed by atoms with Gasteiger partial charge in [0.05, 0.1) is 10.3 Å². The molecule has 0 bridgehead atoms. The number of carbonyl (C=O) groups excluding carboxylic acids is 1. The second-order valence-corrected chi connectivity index (χ2v) is 7.36. The number of nitrogens with one attached hydrogen (secondary N) is 1. The monoisotopic (exact) mass is 311 g/mol. The van der Waals surface area contributed by atoms with E-state index in [2.05, 4.69) is 12.2 Å². The van der Waals surface area contributed by atoms with Gasteiger partial charge in [-0.25, -0.2) is 0 Å². The zero-order valence-corrected chi connectivity index (χ0v) is 13.6. The van der Waals surface area contributed by atoms with Crippen LogP contribution in [0.5, 0.6) is 0 Å². The predicted molar refractivity (Wildman–Crippen MR) is 86.3 cm³/mol. The summed E-state index contributed by atoms with van der Waals surface area (Å²) in [6.45, 7) is 4.17. The highest BCUT2D eigenvalue weighted by atomic mass is 35.5. The summed E-state index contributed by atoms with van der Waals surface area (Å²) in [5.74, 6) is 0.707. The Morgan fingerprint density at radius 2 is 2.05 bits per heavy atom. The molecule has 1 aromatic rings. The van der Waals surface area contributed by atoms with Crippen molar-refractivity contribution in [1.82, 2.24) is 5.32 Å². The Balaban J connectivity index is 1.90. The van der Waals surface area contributed by atoms with E-state index >= 15 is 0 Å². The second-order valence-electron chi connectivity index (χ2n) is 5.57. The van der Waals surface area contributed by atoms with E-state index in [1.54, 1.807) is 0 Å². The van der Waals surface area contributed by atoms with Crippen LogP contribution in [0.3, 0.4) is 0 Å². The fourth-order valence-electron chi connectivity index (χ4n) is 2.62. The molecule has 1 aromatic carbocycles. The second kappa shape index (κ2) is 7.37. The Bertz CT molecular complexity index is 466. The van der Waals surface area contributed by atoms with E-state index in [1.165, 1.54) is 31.0 Å². The Morgan fingerprint density at radius 1 is 1.35 bits per heavy atom. The van der Waals surface area contributed by atoms with Gasteiger partial charge in [-0.1, -0.05) is 43.5 Å². The number of rotatable bonds is 4. The first kappa shape index (κ1) is 15.7. The molecule has 4 heteroatoms. The summed E-state index contributed by atoms with van der Waals surface area (Å²) in [6, 6.07) is 8.01. The smallest absolute Gasteiger partial charge is 0.233 e. The molecule has 1 amide bonds. The van der Waals surface area contributed by atoms with Gasteiger partial charge < -0.3 is 5.32 Å². The van der Waals surface area contributed by atoms with Crippen LogP contribution in [0.1, 0.15) is 39.5 Å². The lowest BCUT2D eigenvalue weighted by atomic mass is 9.86. The quantitative estimate of drug-likeness (QED) is 0.829. The van der Waals surface area contributed by atoms with Gasteiger partial charge >= 0.3 is 0 Å². The van der Waals surface area contributed by atoms with Gasteiger partial charge in [-0.2, -0.15) is 0 Å². The molecule has 3 atom stereocenters. The average molecular weight is 312 g/mol. The van der Waals surface area contributed by atoms with Crippen LogP contribution in [0.15, 0.2) is 29.2 Å². The summed E-state index contributed by atoms with van der Waals surface area (Å²) in [5, 5.41) is 3.80. The molecule has 20 heavy (non-hydrogen) atoms. The molecular weight excluding hydrogens is 290 g/mol. The van der Waals surface area contributed by atoms with Gasteiger partial charge in [-0.3, -0.25) is 4.79 Å². The van der Waals surface area contributed by atoms with Crippen LogP contribution in [0, 0.1) is 5.92 Å². The van der Waals surface area contributed by atoms with Crippen molar-refractivity contribution in [3.05, 3.63) is 29.3 Å². The highest BCUT2D eigenvalue weighted by Crippen LogP contribution is 2.30. The molecule has 0 aliphatic heterocycles. The maximum absolute atomic E-state index is 12.3. The molecule has 2 rings (SSSR count). The number of carbonyl (C=O) groups is 1. The fourth-order valence-corrected chi connectivity index (χ4v) is 3.78. The lowest BCUT2D eigenvalue weighted by molar-refractivity contribution is -0.121. The molecule has 1 aliphatic rings. The summed E-state index contributed by atoms with van der Waals surface area (Å²) in [4.78, 5) is 13.3. The molecule has 0 unspecified atom stereocenters. The van der Waals surface area contributed by atoms with Crippen molar-refractivity contribution in [3.63, 3.8) is 0 Å². The van der Waals surface area contributed by atoms with Crippen molar-refractivity contribution in [2.45, 2.75) is 55.7 Å². The van der Waals surface area contributed by atoms with E-state index in [0.717, 1.165) is 11.3 Å². The molecule has 110 valence electrons. The van der Waals surface area contributed by atoms with E-state index < -0.39 is 0 Å². The number of benzene rings is 1. The van der Waals surface area contributed by atoms with Crippen molar-refractivity contribution < 1.29 is 4.79 Å². The standard InChI is InChI=1S/C16H22ClNOS/c1-11-7-3-5-9-14(11)18-16(19)12(2)20-15-10-6-4-8-13(15)17/h4,6,8,10-12,14H,3,5,7,9H2,1-2H3,(H,18,19)/t11-,12+,14-/m0/s1. The van der Waals surface area contributed by atoms with E-state index in [9.17, 15) is 4.79 Å². The van der Waals surface area contributed by atoms with Crippen LogP contribution in [-0.4, -0.2) is 17.2 Å². The third-order valence-electron chi connectivity index (χ3n) is 3.95. The Hall–Kier alpha value is -0.670. The first-order valence-electron chi connectivity index (χ1n) is 7.29. The fraction of sp³-hybridized carbons (Fsp3) is 0.562. The van der Waals surface area contributed by atoms with Crippen molar-refractivity contribution >= 4 is 29.3 Å². The number of halogens is 1. The van der Waals surface area contributed by atoms with Crippen LogP contribution in [0.4, 0.5) is 0 Å². The van der Waals surface area contributed by atoms with Crippen LogP contribution >= 0.6 is 23.4 Å². The predicted octanol–water partition coefficient (Wildman–Crippen LogP) is 4.52. The van der Waals surface area contributed by atoms with Gasteiger partial charge in [0.15, 0.2) is 0 Å². The maximum atomic E-state index is 12.3. The van der Waals surface area contributed by atoms with E-state index in [4.69, 9.17) is 11.6 Å². The van der Waals surface area contributed by atoms with Crippen LogP contribution < -0.4 is 5.32 Å². The van der Waals surface area contributed by atoms with Crippen LogP contribution in [0.2, 0.25) is 5.02 Å². The van der Waals surface area contributed by atoms with Crippen molar-refractivity contribution in [1.29, 1.82) is 0 Å². The van der Waals surface area contributed by atoms with Gasteiger partial charge in [-0.05, 0) is 37.8 Å². The third kappa shape index (κ3) is 4.16. The number of hydrogen-bond acceptors (Lipinski definition) is 2. The summed E-state index contributed by atoms with van der Waals surface area (Å²) >= 11 is 7.66. The third-order valence-corrected chi connectivity index (χ3v) is 5.57. The largest absolute Gasteiger partial charge is 0.352 e. The minimum atomic E-state index is -0.121. The maximum Gasteiger partial charge on any atom is 0.233 e. The van der Waals surface area contributed by atoms with Gasteiger partial charge in [0.2, 0.25) is 5.91 Å². The molecule has 2 nitrogen and oxygen atoms in total. The Labute approximate surface area is 130 Å². The van der Waals surface area contributed by atoms with Crippen molar-refractivity contribution in [2.24, 2.45) is 5.92 Å². The summed E-state index contributed by atoms with van der Waals surface area (Å²) < 4.78 is 0. The summed E-state index contributed by atoms with van der Waals surface area (Å²) in [7, 11) is 0. The molecule has 1 saturated carbocycles. The minimum absolute atomic E-state index is 0.119. The highest BCUT2D eigenvalue weighted by molar-refractivity contribution is 8.00. The zero-order valence-electron chi connectivity index (χ0n) is 12.1. The highest BCUT2D eigenvalue weighted by Gasteiger charge is 2.25. The molecule has 1 fully saturated rings. The molecule has 1 aliphatic carbocycles. The molecule has 0 aromatic heterocycles. The first-order chi connectivity index (χ1) is 9.58. The van der Waals surface area contributed by atoms with Crippen LogP contribution in [0.25, 0.3) is 0 Å². The van der Waals surface area contributed by atoms with Gasteiger partial charge in [0.1, 0.15) is 0 Å². The number of amides is 1. The summed E-state index contributed by atoms with van der Waals surface area (Å²) in [5.41, 5.74) is 0. The molecule has 0 spiro atoms. The average Bonchev–Trinajstić information content (AvgIpc) is 2.43. The molecule has 0 saturated heterocycles. The number of thioether (sulfide) groups is 1. The SMILES string of the molecule is C[C@@H](Sc1ccccc1Cl)C(=O)N[C@H]1CCCC[C@@H]1C. The van der Waals surface area contributed by atoms with Gasteiger partial charge in [0, 0.05) is 10.9 Å². The minimum Gasteiger partial charge on any atom is -0.352 e. The first-order valence-corrected chi connectivity index (χ1v) is 8.55. The lowest BCUT2D eigenvalue weighted by Crippen LogP contribution is -2.44. The zero-order chi connectivity index (χ0) is 14.5. The van der Waals surface area contributed by atoms with Gasteiger partial charge in [0.25, 0.3) is 0 Å². The lowest BCUT2D eigenvalue weighted by Gasteiger charge is -2.30. The van der Waals surface area contributed by atoms with Crippen molar-refractivity contribution in [2.75, 3.05) is 0 Å². The molecule has 0 heterocycles.